The first-order valence-electron chi connectivity index (χ1n) is 6.45. The van der Waals surface area contributed by atoms with E-state index in [9.17, 15) is 5.11 Å². The molecule has 2 heterocycles. The Morgan fingerprint density at radius 2 is 1.95 bits per heavy atom. The van der Waals surface area contributed by atoms with E-state index in [1.807, 2.05) is 29.6 Å². The number of thiophene rings is 1. The van der Waals surface area contributed by atoms with Gasteiger partial charge in [0.15, 0.2) is 11.5 Å². The predicted molar refractivity (Wildman–Crippen MR) is 82.7 cm³/mol. The van der Waals surface area contributed by atoms with Crippen LogP contribution in [0.2, 0.25) is 0 Å². The van der Waals surface area contributed by atoms with Crippen LogP contribution in [0.5, 0.6) is 11.5 Å². The summed E-state index contributed by atoms with van der Waals surface area (Å²) in [4.78, 5) is 0. The Morgan fingerprint density at radius 1 is 1.20 bits per heavy atom. The second-order valence-corrected chi connectivity index (χ2v) is 7.31. The fourth-order valence-corrected chi connectivity index (χ4v) is 3.29. The Bertz CT molecular complexity index is 611. The van der Waals surface area contributed by atoms with Crippen molar-refractivity contribution >= 4 is 27.3 Å². The highest BCUT2D eigenvalue weighted by Crippen LogP contribution is 2.36. The number of fused-ring (bicyclic) bond motifs is 1. The van der Waals surface area contributed by atoms with Crippen molar-refractivity contribution in [1.82, 2.24) is 0 Å². The second-order valence-electron chi connectivity index (χ2n) is 5.02. The number of hydrogen-bond acceptors (Lipinski definition) is 4. The van der Waals surface area contributed by atoms with Gasteiger partial charge >= 0.3 is 0 Å². The van der Waals surface area contributed by atoms with Gasteiger partial charge in [0.2, 0.25) is 0 Å². The maximum atomic E-state index is 10.4. The van der Waals surface area contributed by atoms with Crippen molar-refractivity contribution in [3.8, 4) is 11.5 Å². The number of aliphatic hydroxyl groups is 1. The number of ether oxygens (including phenoxy) is 2. The zero-order valence-electron chi connectivity index (χ0n) is 11.0. The van der Waals surface area contributed by atoms with Gasteiger partial charge in [0.1, 0.15) is 6.10 Å². The molecule has 0 radical (unpaired) electrons. The highest BCUT2D eigenvalue weighted by atomic mass is 79.9. The van der Waals surface area contributed by atoms with Crippen LogP contribution in [0.3, 0.4) is 0 Å². The highest BCUT2D eigenvalue weighted by Gasteiger charge is 2.18. The van der Waals surface area contributed by atoms with Crippen LogP contribution in [-0.2, 0) is 0 Å². The van der Waals surface area contributed by atoms with Crippen LogP contribution in [0.1, 0.15) is 24.2 Å². The summed E-state index contributed by atoms with van der Waals surface area (Å²) in [5.74, 6) is 1.82. The molecule has 2 unspecified atom stereocenters. The van der Waals surface area contributed by atoms with Gasteiger partial charge in [-0.05, 0) is 50.6 Å². The van der Waals surface area contributed by atoms with Gasteiger partial charge in [0.05, 0.1) is 17.0 Å². The molecule has 2 atom stereocenters. The lowest BCUT2D eigenvalue weighted by atomic mass is 10.0. The molecule has 0 amide bonds. The molecule has 5 heteroatoms. The van der Waals surface area contributed by atoms with Crippen LogP contribution in [0.25, 0.3) is 0 Å². The maximum Gasteiger partial charge on any atom is 0.161 e. The largest absolute Gasteiger partial charge is 0.489 e. The summed E-state index contributed by atoms with van der Waals surface area (Å²) < 4.78 is 12.5. The van der Waals surface area contributed by atoms with Crippen LogP contribution in [-0.4, -0.2) is 18.3 Å². The van der Waals surface area contributed by atoms with E-state index in [1.165, 1.54) is 0 Å². The smallest absolute Gasteiger partial charge is 0.161 e. The third-order valence-electron chi connectivity index (χ3n) is 3.23. The molecule has 1 aliphatic rings. The van der Waals surface area contributed by atoms with E-state index >= 15 is 0 Å². The van der Waals surface area contributed by atoms with Crippen molar-refractivity contribution < 1.29 is 14.6 Å². The van der Waals surface area contributed by atoms with Crippen molar-refractivity contribution in [1.29, 1.82) is 0 Å². The van der Waals surface area contributed by atoms with Gasteiger partial charge in [0, 0.05) is 5.92 Å². The highest BCUT2D eigenvalue weighted by molar-refractivity contribution is 9.11. The first-order valence-corrected chi connectivity index (χ1v) is 8.12. The van der Waals surface area contributed by atoms with E-state index in [2.05, 4.69) is 22.9 Å². The Hall–Kier alpha value is -1.04. The lowest BCUT2D eigenvalue weighted by Gasteiger charge is -2.13. The van der Waals surface area contributed by atoms with Gasteiger partial charge in [-0.1, -0.05) is 13.0 Å². The average molecular weight is 355 g/mol. The molecular formula is C15H15BrO3S. The van der Waals surface area contributed by atoms with E-state index in [0.29, 0.717) is 24.9 Å². The third-order valence-corrected chi connectivity index (χ3v) is 4.76. The van der Waals surface area contributed by atoms with E-state index < -0.39 is 6.10 Å². The van der Waals surface area contributed by atoms with Gasteiger partial charge in [-0.15, -0.1) is 11.3 Å². The summed E-state index contributed by atoms with van der Waals surface area (Å²) in [6.45, 7) is 3.38. The normalized spacial score (nSPS) is 19.4. The molecule has 3 rings (SSSR count). The monoisotopic (exact) mass is 354 g/mol. The third kappa shape index (κ3) is 2.85. The van der Waals surface area contributed by atoms with Gasteiger partial charge in [0.25, 0.3) is 0 Å². The summed E-state index contributed by atoms with van der Waals surface area (Å²) in [7, 11) is 0. The quantitative estimate of drug-likeness (QED) is 0.885. The fraction of sp³-hybridized carbons (Fsp3) is 0.333. The minimum absolute atomic E-state index is 0.364. The first-order chi connectivity index (χ1) is 9.63. The van der Waals surface area contributed by atoms with Crippen LogP contribution < -0.4 is 9.47 Å². The van der Waals surface area contributed by atoms with Crippen molar-refractivity contribution in [2.75, 3.05) is 13.2 Å². The molecule has 0 bridgehead atoms. The Kier molecular flexibility index (Phi) is 4.01. The number of halogens is 1. The first kappa shape index (κ1) is 13.9. The van der Waals surface area contributed by atoms with Crippen LogP contribution >= 0.6 is 27.3 Å². The van der Waals surface area contributed by atoms with Crippen LogP contribution in [0.4, 0.5) is 0 Å². The summed E-state index contributed by atoms with van der Waals surface area (Å²) in [6.07, 6.45) is -0.646. The Morgan fingerprint density at radius 3 is 2.65 bits per heavy atom. The van der Waals surface area contributed by atoms with Crippen molar-refractivity contribution in [3.05, 3.63) is 44.6 Å². The molecule has 106 valence electrons. The second kappa shape index (κ2) is 5.76. The summed E-state index contributed by atoms with van der Waals surface area (Å²) in [5, 5.41) is 12.4. The molecule has 1 aromatic heterocycles. The van der Waals surface area contributed by atoms with E-state index in [4.69, 9.17) is 9.47 Å². The number of rotatable bonds is 2. The fourth-order valence-electron chi connectivity index (χ4n) is 2.10. The van der Waals surface area contributed by atoms with E-state index in [0.717, 1.165) is 20.7 Å². The minimum Gasteiger partial charge on any atom is -0.489 e. The van der Waals surface area contributed by atoms with Crippen molar-refractivity contribution in [2.24, 2.45) is 5.92 Å². The molecule has 0 saturated carbocycles. The molecule has 2 aromatic rings. The minimum atomic E-state index is -0.646. The van der Waals surface area contributed by atoms with E-state index in [1.54, 1.807) is 11.3 Å². The molecule has 0 saturated heterocycles. The molecule has 20 heavy (non-hydrogen) atoms. The van der Waals surface area contributed by atoms with Crippen molar-refractivity contribution in [2.45, 2.75) is 13.0 Å². The maximum absolute atomic E-state index is 10.4. The van der Waals surface area contributed by atoms with Gasteiger partial charge in [-0.3, -0.25) is 0 Å². The lowest BCUT2D eigenvalue weighted by molar-refractivity contribution is 0.219. The summed E-state index contributed by atoms with van der Waals surface area (Å²) in [6, 6.07) is 7.55. The van der Waals surface area contributed by atoms with Crippen molar-refractivity contribution in [3.63, 3.8) is 0 Å². The Balaban J connectivity index is 1.88. The molecular weight excluding hydrogens is 340 g/mol. The topological polar surface area (TPSA) is 38.7 Å². The zero-order valence-corrected chi connectivity index (χ0v) is 13.4. The van der Waals surface area contributed by atoms with Gasteiger partial charge in [-0.25, -0.2) is 0 Å². The number of benzene rings is 1. The number of hydrogen-bond donors (Lipinski definition) is 1. The van der Waals surface area contributed by atoms with Gasteiger partial charge < -0.3 is 14.6 Å². The Labute approximate surface area is 130 Å². The van der Waals surface area contributed by atoms with E-state index in [-0.39, 0.29) is 0 Å². The zero-order chi connectivity index (χ0) is 14.1. The standard InChI is InChI=1S/C15H15BrO3S/c1-9-6-18-12-3-2-10(4-13(12)19-7-9)15(17)11-5-14(16)20-8-11/h2-5,8-9,15,17H,6-7H2,1H3. The molecule has 1 aliphatic heterocycles. The number of aliphatic hydroxyl groups excluding tert-OH is 1. The van der Waals surface area contributed by atoms with Crippen LogP contribution in [0.15, 0.2) is 33.4 Å². The summed E-state index contributed by atoms with van der Waals surface area (Å²) >= 11 is 4.97. The lowest BCUT2D eigenvalue weighted by Crippen LogP contribution is -2.12. The average Bonchev–Trinajstić information content (AvgIpc) is 2.80. The molecule has 1 N–H and O–H groups in total. The molecule has 1 aromatic carbocycles. The SMILES string of the molecule is CC1COc2ccc(C(O)c3csc(Br)c3)cc2OC1. The summed E-state index contributed by atoms with van der Waals surface area (Å²) in [5.41, 5.74) is 1.69. The molecule has 0 aliphatic carbocycles. The molecule has 0 spiro atoms. The predicted octanol–water partition coefficient (Wildman–Crippen LogP) is 4.00. The molecule has 0 fully saturated rings. The van der Waals surface area contributed by atoms with Gasteiger partial charge in [-0.2, -0.15) is 0 Å². The van der Waals surface area contributed by atoms with Crippen LogP contribution in [0, 0.1) is 5.92 Å². The molecule has 3 nitrogen and oxygen atoms in total.